The highest BCUT2D eigenvalue weighted by Crippen LogP contribution is 2.20. The first-order valence-electron chi connectivity index (χ1n) is 11.0. The number of rotatable bonds is 8. The highest BCUT2D eigenvalue weighted by molar-refractivity contribution is 5.80. The molecule has 0 spiro atoms. The van der Waals surface area contributed by atoms with E-state index in [1.807, 2.05) is 44.7 Å². The van der Waals surface area contributed by atoms with Crippen LogP contribution < -0.4 is 15.5 Å². The fourth-order valence-electron chi connectivity index (χ4n) is 3.57. The maximum absolute atomic E-state index is 14.5. The largest absolute Gasteiger partial charge is 0.450 e. The predicted molar refractivity (Wildman–Crippen MR) is 120 cm³/mol. The second kappa shape index (κ2) is 12.2. The summed E-state index contributed by atoms with van der Waals surface area (Å²) in [6.07, 6.45) is 1.42. The van der Waals surface area contributed by atoms with E-state index in [1.54, 1.807) is 11.0 Å². The smallest absolute Gasteiger partial charge is 0.409 e. The second-order valence-corrected chi connectivity index (χ2v) is 7.26. The molecule has 1 fully saturated rings. The molecule has 30 heavy (non-hydrogen) atoms. The fraction of sp³-hybridized carbons (Fsp3) is 0.636. The van der Waals surface area contributed by atoms with Gasteiger partial charge in [0.15, 0.2) is 5.96 Å². The molecule has 1 aromatic carbocycles. The van der Waals surface area contributed by atoms with Gasteiger partial charge < -0.3 is 25.2 Å². The van der Waals surface area contributed by atoms with Crippen molar-refractivity contribution in [3.63, 3.8) is 0 Å². The Morgan fingerprint density at radius 2 is 1.93 bits per heavy atom. The Bertz CT molecular complexity index is 701. The van der Waals surface area contributed by atoms with Crippen LogP contribution in [-0.2, 0) is 11.3 Å². The summed E-state index contributed by atoms with van der Waals surface area (Å²) in [6, 6.07) is 5.56. The number of hydrogen-bond acceptors (Lipinski definition) is 4. The van der Waals surface area contributed by atoms with Gasteiger partial charge in [-0.05, 0) is 58.2 Å². The third kappa shape index (κ3) is 6.78. The average molecular weight is 422 g/mol. The van der Waals surface area contributed by atoms with Gasteiger partial charge in [-0.25, -0.2) is 14.2 Å². The number of benzene rings is 1. The van der Waals surface area contributed by atoms with E-state index in [-0.39, 0.29) is 18.0 Å². The van der Waals surface area contributed by atoms with Gasteiger partial charge in [-0.1, -0.05) is 6.07 Å². The minimum atomic E-state index is -0.244. The van der Waals surface area contributed by atoms with Crippen molar-refractivity contribution in [2.75, 3.05) is 44.2 Å². The second-order valence-electron chi connectivity index (χ2n) is 7.26. The Morgan fingerprint density at radius 1 is 1.23 bits per heavy atom. The number of hydrogen-bond donors (Lipinski definition) is 2. The van der Waals surface area contributed by atoms with E-state index in [9.17, 15) is 9.18 Å². The summed E-state index contributed by atoms with van der Waals surface area (Å²) in [5.74, 6) is 0.496. The van der Waals surface area contributed by atoms with E-state index in [0.717, 1.165) is 38.0 Å². The number of guanidine groups is 1. The van der Waals surface area contributed by atoms with Crippen molar-refractivity contribution < 1.29 is 13.9 Å². The minimum Gasteiger partial charge on any atom is -0.450 e. The van der Waals surface area contributed by atoms with E-state index in [2.05, 4.69) is 15.6 Å². The number of nitrogens with zero attached hydrogens (tertiary/aromatic N) is 3. The zero-order valence-corrected chi connectivity index (χ0v) is 18.7. The van der Waals surface area contributed by atoms with Crippen LogP contribution in [0.25, 0.3) is 0 Å². The van der Waals surface area contributed by atoms with Gasteiger partial charge in [0.2, 0.25) is 0 Å². The van der Waals surface area contributed by atoms with Crippen LogP contribution in [0.15, 0.2) is 23.2 Å². The van der Waals surface area contributed by atoms with E-state index >= 15 is 0 Å². The van der Waals surface area contributed by atoms with Gasteiger partial charge >= 0.3 is 6.09 Å². The molecule has 1 aliphatic rings. The maximum Gasteiger partial charge on any atom is 0.409 e. The van der Waals surface area contributed by atoms with Crippen molar-refractivity contribution in [3.8, 4) is 0 Å². The van der Waals surface area contributed by atoms with E-state index in [1.165, 1.54) is 0 Å². The number of nitrogens with one attached hydrogen (secondary N) is 2. The Kier molecular flexibility index (Phi) is 9.70. The summed E-state index contributed by atoms with van der Waals surface area (Å²) in [7, 11) is 0. The minimum absolute atomic E-state index is 0.212. The monoisotopic (exact) mass is 421 g/mol. The number of anilines is 1. The number of carbonyl (C=O) groups is 1. The molecule has 1 aliphatic heterocycles. The molecule has 0 bridgehead atoms. The molecular formula is C22H36FN5O2. The molecule has 1 amide bonds. The maximum atomic E-state index is 14.5. The molecule has 0 unspecified atom stereocenters. The zero-order valence-electron chi connectivity index (χ0n) is 18.7. The molecule has 168 valence electrons. The average Bonchev–Trinajstić information content (AvgIpc) is 2.75. The van der Waals surface area contributed by atoms with E-state index in [4.69, 9.17) is 4.74 Å². The third-order valence-corrected chi connectivity index (χ3v) is 5.24. The van der Waals surface area contributed by atoms with Crippen molar-refractivity contribution >= 4 is 17.7 Å². The molecule has 0 saturated carbocycles. The fourth-order valence-corrected chi connectivity index (χ4v) is 3.57. The molecule has 1 heterocycles. The van der Waals surface area contributed by atoms with E-state index in [0.29, 0.717) is 37.9 Å². The number of piperidine rings is 1. The summed E-state index contributed by atoms with van der Waals surface area (Å²) >= 11 is 0. The van der Waals surface area contributed by atoms with Gasteiger partial charge in [-0.2, -0.15) is 0 Å². The first-order valence-corrected chi connectivity index (χ1v) is 11.0. The van der Waals surface area contributed by atoms with Crippen LogP contribution >= 0.6 is 0 Å². The topological polar surface area (TPSA) is 69.2 Å². The van der Waals surface area contributed by atoms with Gasteiger partial charge in [-0.3, -0.25) is 0 Å². The molecule has 0 aliphatic carbocycles. The van der Waals surface area contributed by atoms with Crippen LogP contribution in [0, 0.1) is 5.82 Å². The van der Waals surface area contributed by atoms with Gasteiger partial charge in [0.25, 0.3) is 0 Å². The zero-order chi connectivity index (χ0) is 21.9. The van der Waals surface area contributed by atoms with Crippen molar-refractivity contribution in [2.45, 2.75) is 53.1 Å². The number of ether oxygens (including phenoxy) is 1. The Morgan fingerprint density at radius 3 is 2.50 bits per heavy atom. The Hall–Kier alpha value is -2.51. The van der Waals surface area contributed by atoms with Crippen LogP contribution in [0.2, 0.25) is 0 Å². The van der Waals surface area contributed by atoms with Crippen LogP contribution in [0.5, 0.6) is 0 Å². The van der Waals surface area contributed by atoms with E-state index < -0.39 is 0 Å². The van der Waals surface area contributed by atoms with Gasteiger partial charge in [-0.15, -0.1) is 0 Å². The van der Waals surface area contributed by atoms with Crippen LogP contribution in [0.4, 0.5) is 14.9 Å². The molecule has 7 nitrogen and oxygen atoms in total. The third-order valence-electron chi connectivity index (χ3n) is 5.24. The highest BCUT2D eigenvalue weighted by Gasteiger charge is 2.24. The lowest BCUT2D eigenvalue weighted by atomic mass is 10.1. The number of aliphatic imine (C=N–C) groups is 1. The SMILES string of the molecule is CCNC(=NCc1ccc(N(CC)CC)c(F)c1)NC1CCN(C(=O)OCC)CC1. The first kappa shape index (κ1) is 23.8. The van der Waals surface area contributed by atoms with Crippen LogP contribution in [-0.4, -0.2) is 62.3 Å². The van der Waals surface area contributed by atoms with Crippen molar-refractivity contribution in [3.05, 3.63) is 29.6 Å². The molecular weight excluding hydrogens is 385 g/mol. The summed E-state index contributed by atoms with van der Waals surface area (Å²) in [4.78, 5) is 20.2. The van der Waals surface area contributed by atoms with Gasteiger partial charge in [0.1, 0.15) is 5.82 Å². The van der Waals surface area contributed by atoms with Crippen LogP contribution in [0.1, 0.15) is 46.1 Å². The summed E-state index contributed by atoms with van der Waals surface area (Å²) < 4.78 is 19.6. The lowest BCUT2D eigenvalue weighted by molar-refractivity contribution is 0.0963. The molecule has 1 aromatic rings. The van der Waals surface area contributed by atoms with Crippen molar-refractivity contribution in [2.24, 2.45) is 4.99 Å². The lowest BCUT2D eigenvalue weighted by Crippen LogP contribution is -2.49. The normalized spacial score (nSPS) is 15.1. The number of carbonyl (C=O) groups excluding carboxylic acids is 1. The predicted octanol–water partition coefficient (Wildman–Crippen LogP) is 3.35. The standard InChI is InChI=1S/C22H36FN5O2/c1-5-24-21(26-18-11-13-28(14-12-18)22(29)30-8-4)25-16-17-9-10-20(19(23)15-17)27(6-2)7-3/h9-10,15,18H,5-8,11-14,16H2,1-4H3,(H2,24,25,26). The lowest BCUT2D eigenvalue weighted by Gasteiger charge is -2.32. The molecule has 1 saturated heterocycles. The number of amides is 1. The van der Waals surface area contributed by atoms with Gasteiger partial charge in [0, 0.05) is 38.8 Å². The number of halogens is 1. The molecule has 8 heteroatoms. The molecule has 0 aromatic heterocycles. The van der Waals surface area contributed by atoms with Gasteiger partial charge in [0.05, 0.1) is 18.8 Å². The molecule has 0 radical (unpaired) electrons. The number of likely N-dealkylation sites (tertiary alicyclic amines) is 1. The summed E-state index contributed by atoms with van der Waals surface area (Å²) in [5.41, 5.74) is 1.46. The Labute approximate surface area is 179 Å². The molecule has 0 atom stereocenters. The quantitative estimate of drug-likeness (QED) is 0.498. The molecule has 2 N–H and O–H groups in total. The van der Waals surface area contributed by atoms with Crippen molar-refractivity contribution in [1.82, 2.24) is 15.5 Å². The van der Waals surface area contributed by atoms with Crippen molar-refractivity contribution in [1.29, 1.82) is 0 Å². The Balaban J connectivity index is 1.95. The summed E-state index contributed by atoms with van der Waals surface area (Å²) in [5, 5.41) is 6.69. The van der Waals surface area contributed by atoms with Crippen LogP contribution in [0.3, 0.4) is 0 Å². The molecule has 2 rings (SSSR count). The highest BCUT2D eigenvalue weighted by atomic mass is 19.1. The first-order chi connectivity index (χ1) is 14.5. The summed E-state index contributed by atoms with van der Waals surface area (Å²) in [6.45, 7) is 12.3.